The van der Waals surface area contributed by atoms with Crippen LogP contribution in [0.25, 0.3) is 0 Å². The van der Waals surface area contributed by atoms with Crippen molar-refractivity contribution in [2.75, 3.05) is 18.4 Å². The molecule has 1 amide bonds. The maximum absolute atomic E-state index is 12.1. The van der Waals surface area contributed by atoms with Gasteiger partial charge in [0.05, 0.1) is 0 Å². The second-order valence-corrected chi connectivity index (χ2v) is 7.61. The van der Waals surface area contributed by atoms with Crippen LogP contribution in [0.15, 0.2) is 18.3 Å². The lowest BCUT2D eigenvalue weighted by Gasteiger charge is -2.28. The summed E-state index contributed by atoms with van der Waals surface area (Å²) in [5.41, 5.74) is 0.562. The van der Waals surface area contributed by atoms with Gasteiger partial charge < -0.3 is 4.74 Å². The van der Waals surface area contributed by atoms with Crippen LogP contribution in [0.4, 0.5) is 10.6 Å². The largest absolute Gasteiger partial charge is 0.444 e. The van der Waals surface area contributed by atoms with Gasteiger partial charge in [0.15, 0.2) is 0 Å². The third-order valence-electron chi connectivity index (χ3n) is 3.78. The molecule has 2 heterocycles. The Balaban J connectivity index is 2.15. The molecule has 1 atom stereocenters. The molecule has 1 aromatic rings. The van der Waals surface area contributed by atoms with E-state index in [4.69, 9.17) is 4.74 Å². The number of nitrogens with one attached hydrogen (secondary N) is 1. The second-order valence-electron chi connectivity index (χ2n) is 7.61. The van der Waals surface area contributed by atoms with Crippen LogP contribution in [0.3, 0.4) is 0 Å². The summed E-state index contributed by atoms with van der Waals surface area (Å²) in [6.07, 6.45) is 3.53. The Labute approximate surface area is 139 Å². The fraction of sp³-hybridized carbons (Fsp3) is 0.667. The normalized spacial score (nSPS) is 19.1. The highest BCUT2D eigenvalue weighted by molar-refractivity contribution is 5.84. The smallest absolute Gasteiger partial charge is 0.413 e. The quantitative estimate of drug-likeness (QED) is 0.902. The van der Waals surface area contributed by atoms with Crippen molar-refractivity contribution >= 4 is 11.9 Å². The monoisotopic (exact) mass is 319 g/mol. The molecule has 1 N–H and O–H groups in total. The molecule has 1 aliphatic heterocycles. The van der Waals surface area contributed by atoms with Crippen molar-refractivity contribution in [3.8, 4) is 0 Å². The Morgan fingerprint density at radius 1 is 1.48 bits per heavy atom. The summed E-state index contributed by atoms with van der Waals surface area (Å²) in [6, 6.07) is 4.31. The molecule has 128 valence electrons. The van der Waals surface area contributed by atoms with Gasteiger partial charge in [0.1, 0.15) is 11.4 Å². The van der Waals surface area contributed by atoms with Crippen molar-refractivity contribution in [3.05, 3.63) is 23.9 Å². The number of aromatic nitrogens is 1. The van der Waals surface area contributed by atoms with Gasteiger partial charge in [-0.2, -0.15) is 0 Å². The number of carbonyl (C=O) groups excluding carboxylic acids is 1. The number of likely N-dealkylation sites (tertiary alicyclic amines) is 1. The number of hydrogen-bond acceptors (Lipinski definition) is 4. The Bertz CT molecular complexity index is 537. The molecule has 1 saturated heterocycles. The molecule has 5 heteroatoms. The van der Waals surface area contributed by atoms with Crippen molar-refractivity contribution in [3.63, 3.8) is 0 Å². The van der Waals surface area contributed by atoms with Crippen LogP contribution < -0.4 is 5.32 Å². The number of amides is 1. The average Bonchev–Trinajstić information content (AvgIpc) is 2.84. The fourth-order valence-electron chi connectivity index (χ4n) is 3.06. The molecule has 0 aromatic carbocycles. The molecule has 0 spiro atoms. The molecule has 5 nitrogen and oxygen atoms in total. The van der Waals surface area contributed by atoms with E-state index in [9.17, 15) is 4.79 Å². The predicted octanol–water partition coefficient (Wildman–Crippen LogP) is 4.22. The van der Waals surface area contributed by atoms with Crippen LogP contribution in [0.1, 0.15) is 59.1 Å². The third-order valence-corrected chi connectivity index (χ3v) is 3.78. The maximum atomic E-state index is 12.1. The van der Waals surface area contributed by atoms with Crippen molar-refractivity contribution in [1.29, 1.82) is 0 Å². The topological polar surface area (TPSA) is 54.5 Å². The van der Waals surface area contributed by atoms with Crippen molar-refractivity contribution in [1.82, 2.24) is 9.88 Å². The molecule has 0 unspecified atom stereocenters. The molecule has 0 radical (unpaired) electrons. The summed E-state index contributed by atoms with van der Waals surface area (Å²) in [7, 11) is 0. The van der Waals surface area contributed by atoms with E-state index in [0.717, 1.165) is 25.1 Å². The number of rotatable bonds is 4. The van der Waals surface area contributed by atoms with E-state index < -0.39 is 11.7 Å². The standard InChI is InChI=1S/C18H29N3O2/c1-13(2)12-21-11-7-9-15(21)14-8-6-10-19-16(14)20-17(22)23-18(3,4)5/h6,8,10,13,15H,7,9,11-12H2,1-5H3,(H,19,20,22)/t15-/m1/s1. The molecule has 0 aliphatic carbocycles. The van der Waals surface area contributed by atoms with Gasteiger partial charge in [-0.05, 0) is 52.1 Å². The first-order valence-corrected chi connectivity index (χ1v) is 8.45. The van der Waals surface area contributed by atoms with E-state index in [1.807, 2.05) is 26.8 Å². The van der Waals surface area contributed by atoms with Crippen LogP contribution >= 0.6 is 0 Å². The summed E-state index contributed by atoms with van der Waals surface area (Å²) in [4.78, 5) is 18.9. The lowest BCUT2D eigenvalue weighted by Crippen LogP contribution is -2.30. The van der Waals surface area contributed by atoms with E-state index in [1.165, 1.54) is 6.42 Å². The highest BCUT2D eigenvalue weighted by atomic mass is 16.6. The van der Waals surface area contributed by atoms with Gasteiger partial charge in [-0.25, -0.2) is 9.78 Å². The van der Waals surface area contributed by atoms with Gasteiger partial charge in [0.25, 0.3) is 0 Å². The molecule has 0 bridgehead atoms. The Kier molecular flexibility index (Phi) is 5.63. The van der Waals surface area contributed by atoms with Crippen LogP contribution in [-0.2, 0) is 4.74 Å². The van der Waals surface area contributed by atoms with Crippen molar-refractivity contribution < 1.29 is 9.53 Å². The number of ether oxygens (including phenoxy) is 1. The summed E-state index contributed by atoms with van der Waals surface area (Å²) in [5, 5.41) is 2.82. The first kappa shape index (κ1) is 17.7. The highest BCUT2D eigenvalue weighted by Crippen LogP contribution is 2.35. The number of pyridine rings is 1. The lowest BCUT2D eigenvalue weighted by molar-refractivity contribution is 0.0635. The minimum Gasteiger partial charge on any atom is -0.444 e. The van der Waals surface area contributed by atoms with Gasteiger partial charge in [-0.1, -0.05) is 19.9 Å². The Morgan fingerprint density at radius 3 is 2.87 bits per heavy atom. The maximum Gasteiger partial charge on any atom is 0.413 e. The number of nitrogens with zero attached hydrogens (tertiary/aromatic N) is 2. The summed E-state index contributed by atoms with van der Waals surface area (Å²) in [5.74, 6) is 1.23. The summed E-state index contributed by atoms with van der Waals surface area (Å²) in [6.45, 7) is 12.2. The van der Waals surface area contributed by atoms with Crippen molar-refractivity contribution in [2.45, 2.75) is 59.1 Å². The molecule has 23 heavy (non-hydrogen) atoms. The van der Waals surface area contributed by atoms with E-state index in [0.29, 0.717) is 17.8 Å². The molecular formula is C18H29N3O2. The average molecular weight is 319 g/mol. The van der Waals surface area contributed by atoms with Crippen LogP contribution in [0, 0.1) is 5.92 Å². The van der Waals surface area contributed by atoms with E-state index in [-0.39, 0.29) is 0 Å². The summed E-state index contributed by atoms with van der Waals surface area (Å²) >= 11 is 0. The van der Waals surface area contributed by atoms with Crippen LogP contribution in [0.5, 0.6) is 0 Å². The van der Waals surface area contributed by atoms with Gasteiger partial charge in [0.2, 0.25) is 0 Å². The van der Waals surface area contributed by atoms with Crippen LogP contribution in [-0.4, -0.2) is 34.7 Å². The highest BCUT2D eigenvalue weighted by Gasteiger charge is 2.29. The SMILES string of the molecule is CC(C)CN1CCC[C@@H]1c1cccnc1NC(=O)OC(C)(C)C. The predicted molar refractivity (Wildman–Crippen MR) is 92.5 cm³/mol. The second kappa shape index (κ2) is 7.30. The van der Waals surface area contributed by atoms with E-state index in [1.54, 1.807) is 6.20 Å². The molecule has 1 aliphatic rings. The summed E-state index contributed by atoms with van der Waals surface area (Å²) < 4.78 is 5.35. The fourth-order valence-corrected chi connectivity index (χ4v) is 3.06. The van der Waals surface area contributed by atoms with Crippen LogP contribution in [0.2, 0.25) is 0 Å². The zero-order valence-corrected chi connectivity index (χ0v) is 14.9. The Morgan fingerprint density at radius 2 is 2.22 bits per heavy atom. The first-order chi connectivity index (χ1) is 10.8. The third kappa shape index (κ3) is 5.20. The van der Waals surface area contributed by atoms with E-state index in [2.05, 4.69) is 35.1 Å². The zero-order valence-electron chi connectivity index (χ0n) is 14.9. The van der Waals surface area contributed by atoms with Gasteiger partial charge in [-0.15, -0.1) is 0 Å². The molecule has 0 saturated carbocycles. The Hall–Kier alpha value is -1.62. The molecule has 1 fully saturated rings. The van der Waals surface area contributed by atoms with Crippen molar-refractivity contribution in [2.24, 2.45) is 5.92 Å². The number of hydrogen-bond donors (Lipinski definition) is 1. The molecule has 2 rings (SSSR count). The number of anilines is 1. The first-order valence-electron chi connectivity index (χ1n) is 8.45. The van der Waals surface area contributed by atoms with Gasteiger partial charge in [0, 0.05) is 24.3 Å². The van der Waals surface area contributed by atoms with E-state index >= 15 is 0 Å². The zero-order chi connectivity index (χ0) is 17.0. The lowest BCUT2D eigenvalue weighted by atomic mass is 10.0. The van der Waals surface area contributed by atoms with Gasteiger partial charge >= 0.3 is 6.09 Å². The minimum atomic E-state index is -0.518. The molecule has 1 aromatic heterocycles. The number of carbonyl (C=O) groups is 1. The molecular weight excluding hydrogens is 290 g/mol. The van der Waals surface area contributed by atoms with Gasteiger partial charge in [-0.3, -0.25) is 10.2 Å². The minimum absolute atomic E-state index is 0.316.